The first kappa shape index (κ1) is 19.4. The molecule has 0 aromatic heterocycles. The fourth-order valence-corrected chi connectivity index (χ4v) is 2.65. The van der Waals surface area contributed by atoms with E-state index in [0.717, 1.165) is 6.42 Å². The van der Waals surface area contributed by atoms with Crippen molar-refractivity contribution in [1.29, 1.82) is 0 Å². The average Bonchev–Trinajstić information content (AvgIpc) is 2.62. The summed E-state index contributed by atoms with van der Waals surface area (Å²) < 4.78 is 11.0. The Labute approximate surface area is 148 Å². The summed E-state index contributed by atoms with van der Waals surface area (Å²) in [5.41, 5.74) is 2.25. The summed E-state index contributed by atoms with van der Waals surface area (Å²) in [7, 11) is 0. The van der Waals surface area contributed by atoms with Crippen LogP contribution in [0.3, 0.4) is 0 Å². The lowest BCUT2D eigenvalue weighted by atomic mass is 9.96. The second-order valence-electron chi connectivity index (χ2n) is 6.31. The number of benzene rings is 1. The van der Waals surface area contributed by atoms with Gasteiger partial charge in [0.2, 0.25) is 0 Å². The maximum Gasteiger partial charge on any atom is 0.313 e. The van der Waals surface area contributed by atoms with Crippen LogP contribution < -0.4 is 4.74 Å². The van der Waals surface area contributed by atoms with Crippen molar-refractivity contribution in [3.05, 3.63) is 53.1 Å². The molecule has 5 nitrogen and oxygen atoms in total. The molecular weight excluding hydrogens is 320 g/mol. The van der Waals surface area contributed by atoms with Crippen LogP contribution in [0.1, 0.15) is 37.8 Å². The van der Waals surface area contributed by atoms with Gasteiger partial charge in [0.1, 0.15) is 5.75 Å². The van der Waals surface area contributed by atoms with Crippen LogP contribution in [-0.4, -0.2) is 28.9 Å². The molecule has 1 aliphatic carbocycles. The number of rotatable bonds is 8. The monoisotopic (exact) mass is 346 g/mol. The van der Waals surface area contributed by atoms with Crippen molar-refractivity contribution in [1.82, 2.24) is 0 Å². The Bertz CT molecular complexity index is 623. The van der Waals surface area contributed by atoms with Crippen LogP contribution in [-0.2, 0) is 22.7 Å². The summed E-state index contributed by atoms with van der Waals surface area (Å²) >= 11 is 0. The van der Waals surface area contributed by atoms with Crippen LogP contribution in [0, 0.1) is 5.92 Å². The molecule has 0 amide bonds. The minimum atomic E-state index is -0.450. The molecule has 5 heteroatoms. The maximum absolute atomic E-state index is 12.0. The van der Waals surface area contributed by atoms with E-state index in [1.165, 1.54) is 5.57 Å². The summed E-state index contributed by atoms with van der Waals surface area (Å²) in [5.74, 6) is 0.285. The molecule has 2 N–H and O–H groups in total. The number of carbonyl (C=O) groups excluding carboxylic acids is 1. The molecule has 0 saturated heterocycles. The van der Waals surface area contributed by atoms with E-state index in [0.29, 0.717) is 17.0 Å². The molecular formula is C20H26O5. The molecule has 1 unspecified atom stereocenters. The van der Waals surface area contributed by atoms with Crippen molar-refractivity contribution >= 4 is 5.97 Å². The van der Waals surface area contributed by atoms with Gasteiger partial charge >= 0.3 is 5.97 Å². The highest BCUT2D eigenvalue weighted by Gasteiger charge is 2.15. The SMILES string of the molecule is CC(C)C1=CCC(OCCC(=O)Oc2c(CO)cccc2CO)C=C1. The van der Waals surface area contributed by atoms with Gasteiger partial charge in [-0.1, -0.05) is 50.3 Å². The van der Waals surface area contributed by atoms with Crippen LogP contribution in [0.5, 0.6) is 5.75 Å². The number of aliphatic hydroxyl groups excluding tert-OH is 2. The fourth-order valence-electron chi connectivity index (χ4n) is 2.65. The van der Waals surface area contributed by atoms with E-state index in [1.54, 1.807) is 18.2 Å². The summed E-state index contributed by atoms with van der Waals surface area (Å²) in [4.78, 5) is 12.0. The molecule has 0 aliphatic heterocycles. The first-order valence-corrected chi connectivity index (χ1v) is 8.58. The van der Waals surface area contributed by atoms with Crippen LogP contribution in [0.4, 0.5) is 0 Å². The van der Waals surface area contributed by atoms with Crippen molar-refractivity contribution in [2.24, 2.45) is 5.92 Å². The topological polar surface area (TPSA) is 76.0 Å². The van der Waals surface area contributed by atoms with Gasteiger partial charge in [0.05, 0.1) is 32.3 Å². The van der Waals surface area contributed by atoms with E-state index in [2.05, 4.69) is 26.0 Å². The normalized spacial score (nSPS) is 16.8. The number of hydrogen-bond acceptors (Lipinski definition) is 5. The predicted octanol–water partition coefficient (Wildman–Crippen LogP) is 2.89. The van der Waals surface area contributed by atoms with E-state index in [4.69, 9.17) is 9.47 Å². The first-order valence-electron chi connectivity index (χ1n) is 8.58. The third kappa shape index (κ3) is 5.53. The molecule has 0 heterocycles. The number of para-hydroxylation sites is 1. The average molecular weight is 346 g/mol. The Kier molecular flexibility index (Phi) is 7.37. The zero-order valence-electron chi connectivity index (χ0n) is 14.8. The summed E-state index contributed by atoms with van der Waals surface area (Å²) in [6.45, 7) is 4.04. The quantitative estimate of drug-likeness (QED) is 0.559. The molecule has 25 heavy (non-hydrogen) atoms. The van der Waals surface area contributed by atoms with Gasteiger partial charge in [-0.25, -0.2) is 0 Å². The molecule has 1 aromatic carbocycles. The van der Waals surface area contributed by atoms with E-state index >= 15 is 0 Å². The first-order chi connectivity index (χ1) is 12.0. The fraction of sp³-hybridized carbons (Fsp3) is 0.450. The minimum Gasteiger partial charge on any atom is -0.426 e. The molecule has 0 spiro atoms. The van der Waals surface area contributed by atoms with E-state index in [9.17, 15) is 15.0 Å². The van der Waals surface area contributed by atoms with Gasteiger partial charge in [0, 0.05) is 11.1 Å². The second kappa shape index (κ2) is 9.51. The van der Waals surface area contributed by atoms with Gasteiger partial charge in [0.25, 0.3) is 0 Å². The van der Waals surface area contributed by atoms with Crippen molar-refractivity contribution in [3.63, 3.8) is 0 Å². The molecule has 0 radical (unpaired) electrons. The smallest absolute Gasteiger partial charge is 0.313 e. The Morgan fingerprint density at radius 3 is 2.44 bits per heavy atom. The Morgan fingerprint density at radius 2 is 1.92 bits per heavy atom. The molecule has 1 aromatic rings. The summed E-state index contributed by atoms with van der Waals surface area (Å²) in [5, 5.41) is 18.7. The van der Waals surface area contributed by atoms with Crippen molar-refractivity contribution < 1.29 is 24.5 Å². The maximum atomic E-state index is 12.0. The van der Waals surface area contributed by atoms with Crippen molar-refractivity contribution in [2.75, 3.05) is 6.61 Å². The van der Waals surface area contributed by atoms with Gasteiger partial charge in [0.15, 0.2) is 0 Å². The standard InChI is InChI=1S/C20H26O5/c1-14(2)15-6-8-18(9-7-15)24-11-10-19(23)25-20-16(12-21)4-3-5-17(20)13-22/h3-8,14,18,21-22H,9-13H2,1-2H3. The summed E-state index contributed by atoms with van der Waals surface area (Å²) in [6, 6.07) is 5.01. The summed E-state index contributed by atoms with van der Waals surface area (Å²) in [6.07, 6.45) is 7.15. The lowest BCUT2D eigenvalue weighted by molar-refractivity contribution is -0.136. The van der Waals surface area contributed by atoms with E-state index < -0.39 is 5.97 Å². The number of ether oxygens (including phenoxy) is 2. The van der Waals surface area contributed by atoms with Crippen LogP contribution in [0.2, 0.25) is 0 Å². The molecule has 0 bridgehead atoms. The van der Waals surface area contributed by atoms with Gasteiger partial charge in [-0.2, -0.15) is 0 Å². The predicted molar refractivity (Wildman–Crippen MR) is 95.0 cm³/mol. The molecule has 2 rings (SSSR count). The number of allylic oxidation sites excluding steroid dienone is 2. The van der Waals surface area contributed by atoms with Crippen molar-refractivity contribution in [3.8, 4) is 5.75 Å². The third-order valence-electron chi connectivity index (χ3n) is 4.13. The van der Waals surface area contributed by atoms with Gasteiger partial charge in [-0.05, 0) is 17.9 Å². The number of hydrogen-bond donors (Lipinski definition) is 2. The lowest BCUT2D eigenvalue weighted by Gasteiger charge is -2.18. The second-order valence-corrected chi connectivity index (χ2v) is 6.31. The van der Waals surface area contributed by atoms with Crippen molar-refractivity contribution in [2.45, 2.75) is 46.0 Å². The van der Waals surface area contributed by atoms with Gasteiger partial charge in [-0.3, -0.25) is 4.79 Å². The molecule has 1 atom stereocenters. The minimum absolute atomic E-state index is 0.0203. The van der Waals surface area contributed by atoms with Gasteiger partial charge in [-0.15, -0.1) is 0 Å². The van der Waals surface area contributed by atoms with Crippen LogP contribution in [0.25, 0.3) is 0 Å². The Balaban J connectivity index is 1.82. The molecule has 1 aliphatic rings. The van der Waals surface area contributed by atoms with E-state index in [1.807, 2.05) is 6.08 Å². The number of esters is 1. The Morgan fingerprint density at radius 1 is 1.24 bits per heavy atom. The van der Waals surface area contributed by atoms with Gasteiger partial charge < -0.3 is 19.7 Å². The molecule has 0 fully saturated rings. The zero-order valence-corrected chi connectivity index (χ0v) is 14.8. The number of aliphatic hydroxyl groups is 2. The zero-order chi connectivity index (χ0) is 18.2. The van der Waals surface area contributed by atoms with E-state index in [-0.39, 0.29) is 38.1 Å². The van der Waals surface area contributed by atoms with Crippen LogP contribution >= 0.6 is 0 Å². The largest absolute Gasteiger partial charge is 0.426 e. The molecule has 136 valence electrons. The third-order valence-corrected chi connectivity index (χ3v) is 4.13. The molecule has 0 saturated carbocycles. The lowest BCUT2D eigenvalue weighted by Crippen LogP contribution is -2.18. The number of carbonyl (C=O) groups is 1. The Hall–Kier alpha value is -1.95. The highest BCUT2D eigenvalue weighted by molar-refractivity contribution is 5.73. The highest BCUT2D eigenvalue weighted by Crippen LogP contribution is 2.25. The van der Waals surface area contributed by atoms with Crippen LogP contribution in [0.15, 0.2) is 42.0 Å². The highest BCUT2D eigenvalue weighted by atomic mass is 16.5.